The monoisotopic (exact) mass is 292 g/mol. The summed E-state index contributed by atoms with van der Waals surface area (Å²) in [6.45, 7) is 3.99. The predicted octanol–water partition coefficient (Wildman–Crippen LogP) is 2.29. The molecule has 1 amide bonds. The van der Waals surface area contributed by atoms with Gasteiger partial charge in [0.05, 0.1) is 18.2 Å². The molecule has 1 aliphatic rings. The van der Waals surface area contributed by atoms with E-state index in [4.69, 9.17) is 4.74 Å². The summed E-state index contributed by atoms with van der Waals surface area (Å²) in [5.74, 6) is 0.281. The maximum absolute atomic E-state index is 12.4. The molecule has 0 radical (unpaired) electrons. The van der Waals surface area contributed by atoms with Crippen LogP contribution in [0.3, 0.4) is 0 Å². The van der Waals surface area contributed by atoms with E-state index in [-0.39, 0.29) is 18.6 Å². The Hall–Kier alpha value is -1.62. The molecule has 1 aliphatic carbocycles. The van der Waals surface area contributed by atoms with Gasteiger partial charge in [0.25, 0.3) is 5.91 Å². The molecule has 0 bridgehead atoms. The number of nitrogens with one attached hydrogen (secondary N) is 1. The van der Waals surface area contributed by atoms with Gasteiger partial charge in [-0.3, -0.25) is 4.79 Å². The Morgan fingerprint density at radius 1 is 1.52 bits per heavy atom. The highest BCUT2D eigenvalue weighted by molar-refractivity contribution is 5.94. The number of amides is 1. The minimum atomic E-state index is -0.460. The lowest BCUT2D eigenvalue weighted by Crippen LogP contribution is -2.49. The Labute approximate surface area is 125 Å². The number of aliphatic hydroxyl groups is 1. The second kappa shape index (κ2) is 6.89. The highest BCUT2D eigenvalue weighted by Crippen LogP contribution is 2.29. The molecule has 21 heavy (non-hydrogen) atoms. The Bertz CT molecular complexity index is 484. The number of pyridine rings is 1. The fourth-order valence-corrected chi connectivity index (χ4v) is 2.59. The number of aromatic nitrogens is 1. The molecular weight excluding hydrogens is 268 g/mol. The summed E-state index contributed by atoms with van der Waals surface area (Å²) in [4.78, 5) is 16.5. The van der Waals surface area contributed by atoms with Crippen LogP contribution >= 0.6 is 0 Å². The molecule has 2 rings (SSSR count). The number of hydrogen-bond acceptors (Lipinski definition) is 4. The zero-order chi connectivity index (χ0) is 15.3. The van der Waals surface area contributed by atoms with Crippen molar-refractivity contribution in [1.29, 1.82) is 0 Å². The van der Waals surface area contributed by atoms with Crippen molar-refractivity contribution >= 4 is 5.91 Å². The maximum atomic E-state index is 12.4. The highest BCUT2D eigenvalue weighted by atomic mass is 16.5. The van der Waals surface area contributed by atoms with Crippen molar-refractivity contribution < 1.29 is 14.6 Å². The Kier molecular flexibility index (Phi) is 5.17. The van der Waals surface area contributed by atoms with Crippen LogP contribution in [0.25, 0.3) is 0 Å². The van der Waals surface area contributed by atoms with Crippen LogP contribution in [0.4, 0.5) is 0 Å². The van der Waals surface area contributed by atoms with Gasteiger partial charge < -0.3 is 15.2 Å². The molecule has 1 unspecified atom stereocenters. The smallest absolute Gasteiger partial charge is 0.252 e. The number of nitrogens with zero attached hydrogens (tertiary/aromatic N) is 1. The van der Waals surface area contributed by atoms with Crippen LogP contribution in [0, 0.1) is 0 Å². The average Bonchev–Trinajstić information content (AvgIpc) is 2.96. The summed E-state index contributed by atoms with van der Waals surface area (Å²) in [6, 6.07) is 3.32. The number of aliphatic hydroxyl groups excluding tert-OH is 1. The van der Waals surface area contributed by atoms with Crippen LogP contribution < -0.4 is 10.1 Å². The quantitative estimate of drug-likeness (QED) is 0.844. The predicted molar refractivity (Wildman–Crippen MR) is 80.4 cm³/mol. The summed E-state index contributed by atoms with van der Waals surface area (Å²) in [7, 11) is 0. The summed E-state index contributed by atoms with van der Waals surface area (Å²) < 4.78 is 5.64. The van der Waals surface area contributed by atoms with Crippen molar-refractivity contribution in [2.75, 3.05) is 6.61 Å². The van der Waals surface area contributed by atoms with E-state index in [0.29, 0.717) is 11.4 Å². The van der Waals surface area contributed by atoms with E-state index in [9.17, 15) is 9.90 Å². The lowest BCUT2D eigenvalue weighted by molar-refractivity contribution is 0.0837. The van der Waals surface area contributed by atoms with Gasteiger partial charge in [0.15, 0.2) is 0 Å². The number of rotatable bonds is 6. The molecule has 0 saturated heterocycles. The zero-order valence-electron chi connectivity index (χ0n) is 12.8. The zero-order valence-corrected chi connectivity index (χ0v) is 12.8. The van der Waals surface area contributed by atoms with Crippen molar-refractivity contribution in [3.63, 3.8) is 0 Å². The molecule has 0 spiro atoms. The largest absolute Gasteiger partial charge is 0.475 e. The molecule has 1 aromatic heterocycles. The van der Waals surface area contributed by atoms with Crippen LogP contribution in [-0.2, 0) is 0 Å². The normalized spacial score (nSPS) is 18.2. The molecule has 1 fully saturated rings. The number of ether oxygens (including phenoxy) is 1. The van der Waals surface area contributed by atoms with E-state index in [2.05, 4.69) is 10.3 Å². The van der Waals surface area contributed by atoms with E-state index in [0.717, 1.165) is 32.1 Å². The summed E-state index contributed by atoms with van der Waals surface area (Å²) >= 11 is 0. The number of hydrogen-bond donors (Lipinski definition) is 2. The third-order valence-electron chi connectivity index (χ3n) is 4.14. The lowest BCUT2D eigenvalue weighted by atomic mass is 9.98. The summed E-state index contributed by atoms with van der Waals surface area (Å²) in [6.07, 6.45) is 6.26. The SMILES string of the molecule is CCC(C)Oc1cc(C(=O)NC2(CO)CCCC2)ccn1. The van der Waals surface area contributed by atoms with Crippen LogP contribution in [0.1, 0.15) is 56.3 Å². The van der Waals surface area contributed by atoms with Crippen molar-refractivity contribution in [3.05, 3.63) is 23.9 Å². The Morgan fingerprint density at radius 3 is 2.86 bits per heavy atom. The minimum Gasteiger partial charge on any atom is -0.475 e. The van der Waals surface area contributed by atoms with Crippen molar-refractivity contribution in [2.45, 2.75) is 57.6 Å². The van der Waals surface area contributed by atoms with Crippen LogP contribution in [0.15, 0.2) is 18.3 Å². The minimum absolute atomic E-state index is 0.0138. The first kappa shape index (κ1) is 15.8. The van der Waals surface area contributed by atoms with E-state index in [1.165, 1.54) is 0 Å². The average molecular weight is 292 g/mol. The third kappa shape index (κ3) is 3.94. The first-order valence-electron chi connectivity index (χ1n) is 7.64. The van der Waals surface area contributed by atoms with Crippen molar-refractivity contribution in [1.82, 2.24) is 10.3 Å². The van der Waals surface area contributed by atoms with Gasteiger partial charge in [0.1, 0.15) is 0 Å². The molecule has 0 aliphatic heterocycles. The van der Waals surface area contributed by atoms with Crippen molar-refractivity contribution in [2.24, 2.45) is 0 Å². The first-order valence-corrected chi connectivity index (χ1v) is 7.64. The van der Waals surface area contributed by atoms with Gasteiger partial charge in [0, 0.05) is 17.8 Å². The van der Waals surface area contributed by atoms with Gasteiger partial charge >= 0.3 is 0 Å². The van der Waals surface area contributed by atoms with Gasteiger partial charge in [-0.1, -0.05) is 19.8 Å². The fourth-order valence-electron chi connectivity index (χ4n) is 2.59. The molecule has 0 aromatic carbocycles. The number of carbonyl (C=O) groups is 1. The fraction of sp³-hybridized carbons (Fsp3) is 0.625. The number of carbonyl (C=O) groups excluding carboxylic acids is 1. The molecule has 5 heteroatoms. The molecule has 2 N–H and O–H groups in total. The topological polar surface area (TPSA) is 71.5 Å². The standard InChI is InChI=1S/C16H24N2O3/c1-3-12(2)21-14-10-13(6-9-17-14)15(20)18-16(11-19)7-4-5-8-16/h6,9-10,12,19H,3-5,7-8,11H2,1-2H3,(H,18,20). The highest BCUT2D eigenvalue weighted by Gasteiger charge is 2.34. The van der Waals surface area contributed by atoms with Gasteiger partial charge in [-0.25, -0.2) is 4.98 Å². The molecule has 1 atom stereocenters. The third-order valence-corrected chi connectivity index (χ3v) is 4.14. The first-order chi connectivity index (χ1) is 10.1. The lowest BCUT2D eigenvalue weighted by Gasteiger charge is -2.28. The van der Waals surface area contributed by atoms with Gasteiger partial charge in [-0.05, 0) is 32.3 Å². The van der Waals surface area contributed by atoms with Gasteiger partial charge in [-0.2, -0.15) is 0 Å². The van der Waals surface area contributed by atoms with E-state index in [1.807, 2.05) is 13.8 Å². The Balaban J connectivity index is 2.07. The maximum Gasteiger partial charge on any atom is 0.252 e. The summed E-state index contributed by atoms with van der Waals surface area (Å²) in [5.41, 5.74) is 0.0565. The molecule has 1 heterocycles. The second-order valence-electron chi connectivity index (χ2n) is 5.82. The van der Waals surface area contributed by atoms with Gasteiger partial charge in [-0.15, -0.1) is 0 Å². The van der Waals surface area contributed by atoms with Crippen LogP contribution in [-0.4, -0.2) is 34.2 Å². The second-order valence-corrected chi connectivity index (χ2v) is 5.82. The van der Waals surface area contributed by atoms with E-state index >= 15 is 0 Å². The Morgan fingerprint density at radius 2 is 2.24 bits per heavy atom. The van der Waals surface area contributed by atoms with Crippen molar-refractivity contribution in [3.8, 4) is 5.88 Å². The van der Waals surface area contributed by atoms with Gasteiger partial charge in [0.2, 0.25) is 5.88 Å². The molecule has 116 valence electrons. The van der Waals surface area contributed by atoms with E-state index in [1.54, 1.807) is 18.3 Å². The van der Waals surface area contributed by atoms with E-state index < -0.39 is 5.54 Å². The summed E-state index contributed by atoms with van der Waals surface area (Å²) in [5, 5.41) is 12.5. The van der Waals surface area contributed by atoms with Crippen LogP contribution in [0.2, 0.25) is 0 Å². The molecule has 1 saturated carbocycles. The molecule has 1 aromatic rings. The molecular formula is C16H24N2O3. The molecule has 5 nitrogen and oxygen atoms in total. The van der Waals surface area contributed by atoms with Crippen LogP contribution in [0.5, 0.6) is 5.88 Å².